The average Bonchev–Trinajstić information content (AvgIpc) is 2.47. The highest BCUT2D eigenvalue weighted by molar-refractivity contribution is 6.05. The molecule has 0 saturated heterocycles. The molecule has 0 heterocycles. The van der Waals surface area contributed by atoms with Gasteiger partial charge in [-0.1, -0.05) is 12.1 Å². The molecule has 1 amide bonds. The zero-order chi connectivity index (χ0) is 15.4. The Labute approximate surface area is 118 Å². The molecule has 0 fully saturated rings. The molecule has 2 aromatic rings. The number of carbonyl (C=O) groups is 1. The van der Waals surface area contributed by atoms with Crippen LogP contribution in [0.4, 0.5) is 15.8 Å². The van der Waals surface area contributed by atoms with Gasteiger partial charge in [0.25, 0.3) is 11.6 Å². The van der Waals surface area contributed by atoms with Gasteiger partial charge in [-0.05, 0) is 18.2 Å². The van der Waals surface area contributed by atoms with Crippen LogP contribution in [0.2, 0.25) is 0 Å². The smallest absolute Gasteiger partial charge is 0.270 e. The van der Waals surface area contributed by atoms with Crippen molar-refractivity contribution in [1.29, 1.82) is 5.26 Å². The van der Waals surface area contributed by atoms with Gasteiger partial charge in [0, 0.05) is 17.7 Å². The fourth-order valence-corrected chi connectivity index (χ4v) is 1.70. The summed E-state index contributed by atoms with van der Waals surface area (Å²) < 4.78 is 13.4. The number of benzene rings is 2. The van der Waals surface area contributed by atoms with E-state index >= 15 is 0 Å². The number of nitriles is 1. The molecule has 0 aliphatic rings. The molecule has 0 atom stereocenters. The standard InChI is InChI=1S/C14H8FN3O3/c15-12-5-2-6-13(11(12)8-16)17-14(19)9-3-1-4-10(7-9)18(20)21/h1-7H,(H,17,19). The van der Waals surface area contributed by atoms with Crippen molar-refractivity contribution < 1.29 is 14.1 Å². The molecule has 104 valence electrons. The van der Waals surface area contributed by atoms with Gasteiger partial charge in [-0.3, -0.25) is 14.9 Å². The van der Waals surface area contributed by atoms with Crippen molar-refractivity contribution in [3.63, 3.8) is 0 Å². The number of nitrogens with one attached hydrogen (secondary N) is 1. The summed E-state index contributed by atoms with van der Waals surface area (Å²) in [6.07, 6.45) is 0. The van der Waals surface area contributed by atoms with E-state index in [-0.39, 0.29) is 22.5 Å². The van der Waals surface area contributed by atoms with Crippen molar-refractivity contribution in [1.82, 2.24) is 0 Å². The fourth-order valence-electron chi connectivity index (χ4n) is 1.70. The first-order valence-corrected chi connectivity index (χ1v) is 5.77. The third kappa shape index (κ3) is 3.01. The highest BCUT2D eigenvalue weighted by Gasteiger charge is 2.14. The van der Waals surface area contributed by atoms with E-state index < -0.39 is 16.6 Å². The second-order valence-electron chi connectivity index (χ2n) is 4.04. The molecule has 2 rings (SSSR count). The summed E-state index contributed by atoms with van der Waals surface area (Å²) in [5.41, 5.74) is -0.481. The molecule has 2 aromatic carbocycles. The Kier molecular flexibility index (Phi) is 3.90. The third-order valence-corrected chi connectivity index (χ3v) is 2.69. The Balaban J connectivity index is 2.31. The highest BCUT2D eigenvalue weighted by Crippen LogP contribution is 2.20. The van der Waals surface area contributed by atoms with Crippen LogP contribution in [0.5, 0.6) is 0 Å². The fraction of sp³-hybridized carbons (Fsp3) is 0. The second-order valence-corrected chi connectivity index (χ2v) is 4.04. The lowest BCUT2D eigenvalue weighted by Crippen LogP contribution is -2.13. The van der Waals surface area contributed by atoms with E-state index in [1.807, 2.05) is 0 Å². The van der Waals surface area contributed by atoms with Gasteiger partial charge in [-0.15, -0.1) is 0 Å². The van der Waals surface area contributed by atoms with E-state index in [2.05, 4.69) is 5.32 Å². The van der Waals surface area contributed by atoms with Crippen LogP contribution in [-0.2, 0) is 0 Å². The number of nitro benzene ring substituents is 1. The molecule has 7 heteroatoms. The molecule has 0 radical (unpaired) electrons. The first-order chi connectivity index (χ1) is 10.0. The molecule has 1 N–H and O–H groups in total. The van der Waals surface area contributed by atoms with E-state index in [0.29, 0.717) is 0 Å². The Morgan fingerprint density at radius 3 is 2.67 bits per heavy atom. The van der Waals surface area contributed by atoms with Gasteiger partial charge in [0.15, 0.2) is 0 Å². The molecule has 6 nitrogen and oxygen atoms in total. The van der Waals surface area contributed by atoms with Crippen molar-refractivity contribution in [2.24, 2.45) is 0 Å². The number of anilines is 1. The summed E-state index contributed by atoms with van der Waals surface area (Å²) in [5, 5.41) is 21.9. The minimum absolute atomic E-state index is 0.00834. The first kappa shape index (κ1) is 14.1. The Hall–Kier alpha value is -3.27. The quantitative estimate of drug-likeness (QED) is 0.692. The van der Waals surface area contributed by atoms with Gasteiger partial charge < -0.3 is 5.32 Å². The minimum Gasteiger partial charge on any atom is -0.321 e. The van der Waals surface area contributed by atoms with E-state index in [9.17, 15) is 19.3 Å². The Bertz CT molecular complexity index is 768. The van der Waals surface area contributed by atoms with Gasteiger partial charge in [-0.25, -0.2) is 4.39 Å². The van der Waals surface area contributed by atoms with E-state index in [1.54, 1.807) is 6.07 Å². The monoisotopic (exact) mass is 285 g/mol. The van der Waals surface area contributed by atoms with Crippen LogP contribution >= 0.6 is 0 Å². The second kappa shape index (κ2) is 5.79. The molecular weight excluding hydrogens is 277 g/mol. The van der Waals surface area contributed by atoms with Crippen LogP contribution in [0.1, 0.15) is 15.9 Å². The van der Waals surface area contributed by atoms with Crippen LogP contribution in [0, 0.1) is 27.3 Å². The summed E-state index contributed by atoms with van der Waals surface area (Å²) in [6, 6.07) is 10.6. The molecule has 0 aliphatic heterocycles. The third-order valence-electron chi connectivity index (χ3n) is 2.69. The number of carbonyl (C=O) groups excluding carboxylic acids is 1. The molecule has 0 aromatic heterocycles. The largest absolute Gasteiger partial charge is 0.321 e. The highest BCUT2D eigenvalue weighted by atomic mass is 19.1. The zero-order valence-electron chi connectivity index (χ0n) is 10.5. The summed E-state index contributed by atoms with van der Waals surface area (Å²) in [4.78, 5) is 22.0. The Morgan fingerprint density at radius 2 is 2.00 bits per heavy atom. The predicted molar refractivity (Wildman–Crippen MR) is 72.2 cm³/mol. The maximum Gasteiger partial charge on any atom is 0.270 e. The van der Waals surface area contributed by atoms with E-state index in [4.69, 9.17) is 5.26 Å². The number of non-ortho nitro benzene ring substituents is 1. The molecule has 21 heavy (non-hydrogen) atoms. The molecule has 0 spiro atoms. The van der Waals surface area contributed by atoms with E-state index in [0.717, 1.165) is 12.1 Å². The maximum absolute atomic E-state index is 13.4. The van der Waals surface area contributed by atoms with Crippen molar-refractivity contribution in [3.8, 4) is 6.07 Å². The zero-order valence-corrected chi connectivity index (χ0v) is 10.5. The van der Waals surface area contributed by atoms with Gasteiger partial charge in [0.1, 0.15) is 17.4 Å². The molecule has 0 saturated carbocycles. The lowest BCUT2D eigenvalue weighted by Gasteiger charge is -2.07. The number of nitrogens with zero attached hydrogens (tertiary/aromatic N) is 2. The van der Waals surface area contributed by atoms with Gasteiger partial charge >= 0.3 is 0 Å². The number of hydrogen-bond acceptors (Lipinski definition) is 4. The van der Waals surface area contributed by atoms with E-state index in [1.165, 1.54) is 30.3 Å². The van der Waals surface area contributed by atoms with Crippen molar-refractivity contribution in [2.75, 3.05) is 5.32 Å². The van der Waals surface area contributed by atoms with Crippen LogP contribution in [-0.4, -0.2) is 10.8 Å². The van der Waals surface area contributed by atoms with Gasteiger partial charge in [0.2, 0.25) is 0 Å². The molecule has 0 bridgehead atoms. The first-order valence-electron chi connectivity index (χ1n) is 5.77. The summed E-state index contributed by atoms with van der Waals surface area (Å²) in [6.45, 7) is 0. The van der Waals surface area contributed by atoms with Crippen LogP contribution in [0.3, 0.4) is 0 Å². The normalized spacial score (nSPS) is 9.71. The number of hydrogen-bond donors (Lipinski definition) is 1. The van der Waals surface area contributed by atoms with Crippen molar-refractivity contribution in [3.05, 3.63) is 69.5 Å². The van der Waals surface area contributed by atoms with Crippen molar-refractivity contribution >= 4 is 17.3 Å². The molecular formula is C14H8FN3O3. The maximum atomic E-state index is 13.4. The van der Waals surface area contributed by atoms with Crippen LogP contribution in [0.25, 0.3) is 0 Å². The minimum atomic E-state index is -0.755. The molecule has 0 unspecified atom stereocenters. The van der Waals surface area contributed by atoms with Crippen LogP contribution < -0.4 is 5.32 Å². The predicted octanol–water partition coefficient (Wildman–Crippen LogP) is 2.86. The van der Waals surface area contributed by atoms with Crippen molar-refractivity contribution in [2.45, 2.75) is 0 Å². The summed E-state index contributed by atoms with van der Waals surface area (Å²) >= 11 is 0. The lowest BCUT2D eigenvalue weighted by molar-refractivity contribution is -0.384. The Morgan fingerprint density at radius 1 is 1.29 bits per heavy atom. The summed E-state index contributed by atoms with van der Waals surface area (Å²) in [5.74, 6) is -1.42. The van der Waals surface area contributed by atoms with Crippen LogP contribution in [0.15, 0.2) is 42.5 Å². The topological polar surface area (TPSA) is 96.0 Å². The molecule has 0 aliphatic carbocycles. The SMILES string of the molecule is N#Cc1c(F)cccc1NC(=O)c1cccc([N+](=O)[O-])c1. The lowest BCUT2D eigenvalue weighted by atomic mass is 10.1. The number of rotatable bonds is 3. The van der Waals surface area contributed by atoms with Gasteiger partial charge in [0.05, 0.1) is 10.6 Å². The average molecular weight is 285 g/mol. The summed E-state index contributed by atoms with van der Waals surface area (Å²) in [7, 11) is 0. The van der Waals surface area contributed by atoms with Gasteiger partial charge in [-0.2, -0.15) is 5.26 Å². The number of nitro groups is 1. The number of amides is 1. The number of halogens is 1.